The Labute approximate surface area is 179 Å². The zero-order valence-corrected chi connectivity index (χ0v) is 19.0. The number of benzene rings is 1. The van der Waals surface area contributed by atoms with E-state index in [1.165, 1.54) is 0 Å². The average molecular weight is 423 g/mol. The zero-order valence-electron chi connectivity index (χ0n) is 18.1. The van der Waals surface area contributed by atoms with Crippen LogP contribution in [0, 0.1) is 6.92 Å². The van der Waals surface area contributed by atoms with E-state index < -0.39 is 0 Å². The van der Waals surface area contributed by atoms with Crippen LogP contribution in [-0.4, -0.2) is 31.8 Å². The van der Waals surface area contributed by atoms with Crippen molar-refractivity contribution in [2.45, 2.75) is 39.7 Å². The van der Waals surface area contributed by atoms with Crippen LogP contribution in [0.25, 0.3) is 22.3 Å². The van der Waals surface area contributed by atoms with Gasteiger partial charge in [0.2, 0.25) is 5.95 Å². The summed E-state index contributed by atoms with van der Waals surface area (Å²) in [7, 11) is 3.71. The fraction of sp³-hybridized carbons (Fsp3) is 0.364. The smallest absolute Gasteiger partial charge is 0.278 e. The number of aryl methyl sites for hydroxylation is 2. The summed E-state index contributed by atoms with van der Waals surface area (Å²) in [5.74, 6) is 0.529. The Kier molecular flexibility index (Phi) is 4.97. The highest BCUT2D eigenvalue weighted by atomic mass is 32.1. The molecule has 3 heterocycles. The van der Waals surface area contributed by atoms with E-state index >= 15 is 0 Å². The summed E-state index contributed by atoms with van der Waals surface area (Å²) >= 11 is 1.64. The van der Waals surface area contributed by atoms with E-state index in [1.807, 2.05) is 24.9 Å². The molecule has 4 rings (SSSR count). The number of hydrogen-bond acceptors (Lipinski definition) is 6. The fourth-order valence-corrected chi connectivity index (χ4v) is 4.15. The van der Waals surface area contributed by atoms with Crippen LogP contribution in [0.2, 0.25) is 0 Å². The summed E-state index contributed by atoms with van der Waals surface area (Å²) < 4.78 is 1.62. The summed E-state index contributed by atoms with van der Waals surface area (Å²) in [5.41, 5.74) is 4.77. The van der Waals surface area contributed by atoms with Crippen molar-refractivity contribution in [2.75, 3.05) is 11.9 Å². The van der Waals surface area contributed by atoms with Crippen molar-refractivity contribution in [3.63, 3.8) is 0 Å². The molecule has 0 aliphatic heterocycles. The van der Waals surface area contributed by atoms with Crippen molar-refractivity contribution in [3.05, 3.63) is 56.3 Å². The highest BCUT2D eigenvalue weighted by Gasteiger charge is 2.25. The minimum Gasteiger partial charge on any atom is -0.341 e. The first kappa shape index (κ1) is 20.3. The lowest BCUT2D eigenvalue weighted by Crippen LogP contribution is -2.23. The quantitative estimate of drug-likeness (QED) is 0.537. The lowest BCUT2D eigenvalue weighted by Gasteiger charge is -2.19. The first-order valence-electron chi connectivity index (χ1n) is 9.83. The number of fused-ring (bicyclic) bond motifs is 1. The normalized spacial score (nSPS) is 11.9. The first-order valence-corrected chi connectivity index (χ1v) is 10.7. The van der Waals surface area contributed by atoms with Crippen LogP contribution in [0.1, 0.15) is 37.0 Å². The van der Waals surface area contributed by atoms with Crippen LogP contribution in [0.5, 0.6) is 0 Å². The second kappa shape index (κ2) is 7.36. The monoisotopic (exact) mass is 422 g/mol. The number of aromatic nitrogens is 5. The summed E-state index contributed by atoms with van der Waals surface area (Å²) in [6.07, 6.45) is 0. The third-order valence-electron chi connectivity index (χ3n) is 5.01. The SMILES string of the molecule is Cc1nc(-c2cccc(CN(C)c3nc4c(C(C)(C)C)nn(C)c4c(=O)[nH]3)c2)cs1. The molecule has 1 aromatic carbocycles. The maximum absolute atomic E-state index is 12.8. The number of rotatable bonds is 4. The van der Waals surface area contributed by atoms with Gasteiger partial charge >= 0.3 is 0 Å². The highest BCUT2D eigenvalue weighted by molar-refractivity contribution is 7.09. The van der Waals surface area contributed by atoms with Gasteiger partial charge in [0.25, 0.3) is 5.56 Å². The Morgan fingerprint density at radius 1 is 1.23 bits per heavy atom. The van der Waals surface area contributed by atoms with Crippen LogP contribution in [-0.2, 0) is 19.0 Å². The van der Waals surface area contributed by atoms with Crippen molar-refractivity contribution in [1.82, 2.24) is 24.7 Å². The lowest BCUT2D eigenvalue weighted by atomic mass is 9.91. The van der Waals surface area contributed by atoms with Gasteiger partial charge in [0.15, 0.2) is 5.52 Å². The summed E-state index contributed by atoms with van der Waals surface area (Å²) in [6.45, 7) is 8.84. The van der Waals surface area contributed by atoms with Crippen molar-refractivity contribution in [3.8, 4) is 11.3 Å². The van der Waals surface area contributed by atoms with Gasteiger partial charge in [-0.05, 0) is 18.6 Å². The van der Waals surface area contributed by atoms with Crippen LogP contribution in [0.3, 0.4) is 0 Å². The average Bonchev–Trinajstić information content (AvgIpc) is 3.25. The van der Waals surface area contributed by atoms with Gasteiger partial charge < -0.3 is 4.90 Å². The van der Waals surface area contributed by atoms with Crippen molar-refractivity contribution in [1.29, 1.82) is 0 Å². The number of nitrogens with one attached hydrogen (secondary N) is 1. The molecule has 7 nitrogen and oxygen atoms in total. The van der Waals surface area contributed by atoms with Gasteiger partial charge in [-0.3, -0.25) is 14.5 Å². The third-order valence-corrected chi connectivity index (χ3v) is 5.79. The number of hydrogen-bond donors (Lipinski definition) is 1. The van der Waals surface area contributed by atoms with E-state index in [2.05, 4.69) is 59.4 Å². The topological polar surface area (TPSA) is 79.7 Å². The summed E-state index contributed by atoms with van der Waals surface area (Å²) in [4.78, 5) is 27.0. The molecule has 156 valence electrons. The predicted molar refractivity (Wildman–Crippen MR) is 122 cm³/mol. The molecule has 0 spiro atoms. The Hall–Kier alpha value is -3.00. The molecule has 0 aliphatic carbocycles. The van der Waals surface area contributed by atoms with Gasteiger partial charge in [0.1, 0.15) is 5.52 Å². The van der Waals surface area contributed by atoms with Crippen LogP contribution in [0.15, 0.2) is 34.4 Å². The summed E-state index contributed by atoms with van der Waals surface area (Å²) in [6, 6.07) is 8.30. The lowest BCUT2D eigenvalue weighted by molar-refractivity contribution is 0.557. The standard InChI is InChI=1S/C22H26N6OS/c1-13-23-16(12-30-13)15-9-7-8-14(10-15)11-27(5)21-24-17-18(20(29)25-21)28(6)26-19(17)22(2,3)4/h7-10,12H,11H2,1-6H3,(H,24,25,29). The molecule has 0 unspecified atom stereocenters. The molecular weight excluding hydrogens is 396 g/mol. The third kappa shape index (κ3) is 3.75. The first-order chi connectivity index (χ1) is 14.1. The van der Waals surface area contributed by atoms with Crippen molar-refractivity contribution < 1.29 is 0 Å². The molecule has 0 aliphatic rings. The molecule has 4 aromatic rings. The zero-order chi connectivity index (χ0) is 21.6. The van der Waals surface area contributed by atoms with Crippen LogP contribution in [0.4, 0.5) is 5.95 Å². The molecule has 0 saturated heterocycles. The molecule has 1 N–H and O–H groups in total. The molecule has 0 fully saturated rings. The maximum atomic E-state index is 12.8. The molecular formula is C22H26N6OS. The molecule has 30 heavy (non-hydrogen) atoms. The predicted octanol–water partition coefficient (Wildman–Crippen LogP) is 4.02. The van der Waals surface area contributed by atoms with E-state index in [9.17, 15) is 4.79 Å². The molecule has 3 aromatic heterocycles. The van der Waals surface area contributed by atoms with E-state index in [0.717, 1.165) is 27.5 Å². The summed E-state index contributed by atoms with van der Waals surface area (Å²) in [5, 5.41) is 7.68. The van der Waals surface area contributed by atoms with Gasteiger partial charge in [0.05, 0.1) is 16.4 Å². The van der Waals surface area contributed by atoms with E-state index in [0.29, 0.717) is 23.5 Å². The van der Waals surface area contributed by atoms with E-state index in [-0.39, 0.29) is 11.0 Å². The molecule has 0 amide bonds. The number of aromatic amines is 1. The second-order valence-electron chi connectivity index (χ2n) is 8.62. The van der Waals surface area contributed by atoms with Crippen molar-refractivity contribution >= 4 is 28.3 Å². The van der Waals surface area contributed by atoms with E-state index in [4.69, 9.17) is 4.98 Å². The van der Waals surface area contributed by atoms with Gasteiger partial charge in [-0.2, -0.15) is 5.10 Å². The van der Waals surface area contributed by atoms with Crippen molar-refractivity contribution in [2.24, 2.45) is 7.05 Å². The Morgan fingerprint density at radius 3 is 2.67 bits per heavy atom. The van der Waals surface area contributed by atoms with Crippen LogP contribution >= 0.6 is 11.3 Å². The van der Waals surface area contributed by atoms with Crippen LogP contribution < -0.4 is 10.5 Å². The molecule has 8 heteroatoms. The molecule has 0 bridgehead atoms. The van der Waals surface area contributed by atoms with Gasteiger partial charge in [0, 0.05) is 37.0 Å². The minimum absolute atomic E-state index is 0.181. The molecule has 0 atom stereocenters. The Bertz CT molecular complexity index is 1280. The van der Waals surface area contributed by atoms with Gasteiger partial charge in [-0.25, -0.2) is 9.97 Å². The number of H-pyrrole nitrogens is 1. The van der Waals surface area contributed by atoms with Gasteiger partial charge in [-0.15, -0.1) is 11.3 Å². The maximum Gasteiger partial charge on any atom is 0.278 e. The fourth-order valence-electron chi connectivity index (χ4n) is 3.53. The highest BCUT2D eigenvalue weighted by Crippen LogP contribution is 2.27. The number of thiazole rings is 1. The van der Waals surface area contributed by atoms with Gasteiger partial charge in [-0.1, -0.05) is 39.0 Å². The largest absolute Gasteiger partial charge is 0.341 e. The minimum atomic E-state index is -0.212. The number of anilines is 1. The Balaban J connectivity index is 1.69. The number of nitrogens with zero attached hydrogens (tertiary/aromatic N) is 5. The van der Waals surface area contributed by atoms with E-state index in [1.54, 1.807) is 23.1 Å². The molecule has 0 radical (unpaired) electrons. The molecule has 0 saturated carbocycles. The second-order valence-corrected chi connectivity index (χ2v) is 9.68. The Morgan fingerprint density at radius 2 is 2.00 bits per heavy atom.